The van der Waals surface area contributed by atoms with Crippen LogP contribution in [-0.4, -0.2) is 74.9 Å². The molecular weight excluding hydrogens is 524 g/mol. The number of primary amides is 1. The number of amides is 4. The Labute approximate surface area is 230 Å². The summed E-state index contributed by atoms with van der Waals surface area (Å²) in [5, 5.41) is 26.2. The maximum atomic E-state index is 13.4. The fourth-order valence-corrected chi connectivity index (χ4v) is 3.99. The van der Waals surface area contributed by atoms with Gasteiger partial charge in [0.1, 0.15) is 18.1 Å². The van der Waals surface area contributed by atoms with Crippen LogP contribution < -0.4 is 27.4 Å². The number of rotatable bonds is 16. The fourth-order valence-electron chi connectivity index (χ4n) is 3.99. The van der Waals surface area contributed by atoms with Gasteiger partial charge in [-0.3, -0.25) is 24.0 Å². The molecule has 0 aliphatic rings. The first-order valence-electron chi connectivity index (χ1n) is 12.8. The number of carbonyl (C=O) groups excluding carboxylic acids is 4. The molecule has 1 heterocycles. The van der Waals surface area contributed by atoms with Gasteiger partial charge in [0.2, 0.25) is 23.6 Å². The molecule has 1 aromatic heterocycles. The number of hydrogen-bond donors (Lipinski definition) is 8. The molecule has 0 bridgehead atoms. The number of nitrogens with two attached hydrogens (primary N) is 2. The average molecular weight is 561 g/mol. The van der Waals surface area contributed by atoms with E-state index in [1.165, 1.54) is 0 Å². The summed E-state index contributed by atoms with van der Waals surface area (Å²) in [6.45, 7) is 3.65. The van der Waals surface area contributed by atoms with Crippen molar-refractivity contribution in [2.45, 2.75) is 70.1 Å². The van der Waals surface area contributed by atoms with Crippen molar-refractivity contribution in [3.05, 3.63) is 36.0 Å². The summed E-state index contributed by atoms with van der Waals surface area (Å²) in [6, 6.07) is 1.96. The molecule has 10 N–H and O–H groups in total. The lowest BCUT2D eigenvalue weighted by atomic mass is 9.98. The molecule has 1 aromatic carbocycles. The molecule has 0 aliphatic heterocycles. The van der Waals surface area contributed by atoms with E-state index in [2.05, 4.69) is 20.9 Å². The number of H-pyrrole nitrogens is 1. The van der Waals surface area contributed by atoms with Crippen molar-refractivity contribution >= 4 is 46.5 Å². The monoisotopic (exact) mass is 560 g/mol. The fraction of sp³-hybridized carbons (Fsp3) is 0.462. The lowest BCUT2D eigenvalue weighted by Gasteiger charge is -2.25. The van der Waals surface area contributed by atoms with Crippen molar-refractivity contribution in [2.24, 2.45) is 17.4 Å². The van der Waals surface area contributed by atoms with Crippen molar-refractivity contribution in [3.63, 3.8) is 0 Å². The Hall–Kier alpha value is -4.46. The molecule has 218 valence electrons. The third-order valence-corrected chi connectivity index (χ3v) is 6.59. The molecule has 0 saturated carbocycles. The zero-order valence-electron chi connectivity index (χ0n) is 22.3. The quantitative estimate of drug-likeness (QED) is 0.130. The number of aromatic amines is 1. The minimum absolute atomic E-state index is 0.00388. The molecule has 0 saturated heterocycles. The first kappa shape index (κ1) is 31.8. The van der Waals surface area contributed by atoms with Crippen LogP contribution in [0.5, 0.6) is 0 Å². The Morgan fingerprint density at radius 2 is 1.52 bits per heavy atom. The number of hydrogen-bond acceptors (Lipinski definition) is 7. The zero-order valence-corrected chi connectivity index (χ0v) is 22.3. The molecule has 2 rings (SSSR count). The number of carboxylic acids is 2. The lowest BCUT2D eigenvalue weighted by Crippen LogP contribution is -2.58. The van der Waals surface area contributed by atoms with Gasteiger partial charge in [0.25, 0.3) is 0 Å². The standard InChI is InChI=1S/C26H36N6O8/c1-3-13(2)22(28)25(38)32-18(10-14-12-29-16-7-5-4-6-15(14)16)23(36)31-19(11-20(27)33)24(37)30-17(26(39)40)8-9-21(34)35/h4-7,12-13,17-19,22,29H,3,8-11,28H2,1-2H3,(H2,27,33)(H,30,37)(H,31,36)(H,32,38)(H,34,35)(H,39,40). The number of para-hydroxylation sites is 1. The highest BCUT2D eigenvalue weighted by Crippen LogP contribution is 2.19. The number of carboxylic acid groups (broad SMARTS) is 2. The first-order chi connectivity index (χ1) is 18.8. The van der Waals surface area contributed by atoms with E-state index < -0.39 is 79.0 Å². The van der Waals surface area contributed by atoms with Crippen molar-refractivity contribution in [3.8, 4) is 0 Å². The molecule has 14 nitrogen and oxygen atoms in total. The molecule has 2 aromatic rings. The van der Waals surface area contributed by atoms with E-state index in [0.29, 0.717) is 12.0 Å². The van der Waals surface area contributed by atoms with E-state index in [0.717, 1.165) is 10.9 Å². The number of carbonyl (C=O) groups is 6. The second-order valence-corrected chi connectivity index (χ2v) is 9.60. The summed E-state index contributed by atoms with van der Waals surface area (Å²) in [4.78, 5) is 76.4. The van der Waals surface area contributed by atoms with E-state index >= 15 is 0 Å². The molecule has 14 heteroatoms. The van der Waals surface area contributed by atoms with Crippen molar-refractivity contribution in [1.82, 2.24) is 20.9 Å². The van der Waals surface area contributed by atoms with E-state index in [9.17, 15) is 33.9 Å². The largest absolute Gasteiger partial charge is 0.481 e. The topological polar surface area (TPSA) is 247 Å². The molecule has 0 spiro atoms. The highest BCUT2D eigenvalue weighted by Gasteiger charge is 2.32. The predicted octanol–water partition coefficient (Wildman–Crippen LogP) is -0.637. The predicted molar refractivity (Wildman–Crippen MR) is 144 cm³/mol. The summed E-state index contributed by atoms with van der Waals surface area (Å²) in [5.74, 6) is -6.41. The van der Waals surface area contributed by atoms with Crippen LogP contribution in [0.2, 0.25) is 0 Å². The van der Waals surface area contributed by atoms with Crippen LogP contribution in [0, 0.1) is 5.92 Å². The van der Waals surface area contributed by atoms with Gasteiger partial charge in [0.15, 0.2) is 0 Å². The first-order valence-corrected chi connectivity index (χ1v) is 12.8. The Morgan fingerprint density at radius 1 is 0.925 bits per heavy atom. The Kier molecular flexibility index (Phi) is 11.6. The number of aliphatic carboxylic acids is 2. The van der Waals surface area contributed by atoms with Crippen LogP contribution in [0.25, 0.3) is 10.9 Å². The maximum absolute atomic E-state index is 13.4. The Balaban J connectivity index is 2.31. The minimum atomic E-state index is -1.60. The second-order valence-electron chi connectivity index (χ2n) is 9.60. The molecule has 4 amide bonds. The molecule has 40 heavy (non-hydrogen) atoms. The molecule has 5 atom stereocenters. The molecule has 5 unspecified atom stereocenters. The maximum Gasteiger partial charge on any atom is 0.326 e. The zero-order chi connectivity index (χ0) is 30.0. The highest BCUT2D eigenvalue weighted by molar-refractivity contribution is 5.96. The Morgan fingerprint density at radius 3 is 2.12 bits per heavy atom. The smallest absolute Gasteiger partial charge is 0.326 e. The third kappa shape index (κ3) is 9.08. The third-order valence-electron chi connectivity index (χ3n) is 6.59. The second kappa shape index (κ2) is 14.6. The molecular formula is C26H36N6O8. The van der Waals surface area contributed by atoms with E-state index in [1.807, 2.05) is 31.2 Å². The molecule has 0 fully saturated rings. The van der Waals surface area contributed by atoms with Crippen LogP contribution in [0.1, 0.15) is 45.1 Å². The van der Waals surface area contributed by atoms with Gasteiger partial charge in [-0.15, -0.1) is 0 Å². The summed E-state index contributed by atoms with van der Waals surface area (Å²) in [7, 11) is 0. The highest BCUT2D eigenvalue weighted by atomic mass is 16.4. The normalized spacial score (nSPS) is 14.8. The summed E-state index contributed by atoms with van der Waals surface area (Å²) >= 11 is 0. The number of nitrogens with one attached hydrogen (secondary N) is 4. The van der Waals surface area contributed by atoms with E-state index in [1.54, 1.807) is 13.1 Å². The van der Waals surface area contributed by atoms with E-state index in [-0.39, 0.29) is 12.3 Å². The number of benzene rings is 1. The van der Waals surface area contributed by atoms with Crippen molar-refractivity contribution in [2.75, 3.05) is 0 Å². The van der Waals surface area contributed by atoms with Gasteiger partial charge in [0.05, 0.1) is 12.5 Å². The van der Waals surface area contributed by atoms with Gasteiger partial charge in [-0.05, 0) is 24.0 Å². The van der Waals surface area contributed by atoms with Crippen LogP contribution in [0.15, 0.2) is 30.5 Å². The van der Waals surface area contributed by atoms with E-state index in [4.69, 9.17) is 16.6 Å². The number of aromatic nitrogens is 1. The summed E-state index contributed by atoms with van der Waals surface area (Å²) in [5.41, 5.74) is 12.8. The minimum Gasteiger partial charge on any atom is -0.481 e. The lowest BCUT2D eigenvalue weighted by molar-refractivity contribution is -0.143. The van der Waals surface area contributed by atoms with Gasteiger partial charge in [-0.2, -0.15) is 0 Å². The SMILES string of the molecule is CCC(C)C(N)C(=O)NC(Cc1c[nH]c2ccccc12)C(=O)NC(CC(N)=O)C(=O)NC(CCC(=O)O)C(=O)O. The molecule has 0 radical (unpaired) electrons. The van der Waals surface area contributed by atoms with Crippen LogP contribution in [0.4, 0.5) is 0 Å². The average Bonchev–Trinajstić information content (AvgIpc) is 3.31. The Bertz CT molecular complexity index is 1240. The van der Waals surface area contributed by atoms with Gasteiger partial charge < -0.3 is 42.6 Å². The van der Waals surface area contributed by atoms with Crippen molar-refractivity contribution in [1.29, 1.82) is 0 Å². The van der Waals surface area contributed by atoms with Gasteiger partial charge >= 0.3 is 11.9 Å². The van der Waals surface area contributed by atoms with Gasteiger partial charge in [-0.1, -0.05) is 38.5 Å². The van der Waals surface area contributed by atoms with Gasteiger partial charge in [-0.25, -0.2) is 4.79 Å². The number of fused-ring (bicyclic) bond motifs is 1. The summed E-state index contributed by atoms with van der Waals surface area (Å²) in [6.07, 6.45) is 0.638. The van der Waals surface area contributed by atoms with Crippen LogP contribution in [0.3, 0.4) is 0 Å². The molecule has 0 aliphatic carbocycles. The van der Waals surface area contributed by atoms with Crippen molar-refractivity contribution < 1.29 is 39.0 Å². The van der Waals surface area contributed by atoms with Crippen LogP contribution >= 0.6 is 0 Å². The van der Waals surface area contributed by atoms with Gasteiger partial charge in [0, 0.05) is 29.9 Å². The summed E-state index contributed by atoms with van der Waals surface area (Å²) < 4.78 is 0. The van der Waals surface area contributed by atoms with Crippen LogP contribution in [-0.2, 0) is 35.2 Å².